The number of rotatable bonds is 8. The second-order valence-electron chi connectivity index (χ2n) is 24.1. The van der Waals surface area contributed by atoms with Crippen LogP contribution in [0.2, 0.25) is 0 Å². The number of furan rings is 2. The molecule has 0 fully saturated rings. The number of aromatic nitrogens is 2. The van der Waals surface area contributed by atoms with Crippen molar-refractivity contribution in [2.45, 2.75) is 27.7 Å². The van der Waals surface area contributed by atoms with Crippen LogP contribution in [0.1, 0.15) is 22.3 Å². The number of benzene rings is 13. The quantitative estimate of drug-likeness (QED) is 0.152. The van der Waals surface area contributed by atoms with Crippen LogP contribution >= 0.6 is 0 Å². The van der Waals surface area contributed by atoms with Crippen molar-refractivity contribution in [2.75, 3.05) is 9.80 Å². The van der Waals surface area contributed by atoms with Gasteiger partial charge >= 0.3 is 0 Å². The molecule has 0 atom stereocenters. The van der Waals surface area contributed by atoms with E-state index in [0.29, 0.717) is 0 Å². The van der Waals surface area contributed by atoms with E-state index < -0.39 is 0 Å². The number of hydrogen-bond donors (Lipinski definition) is 0. The third-order valence-corrected chi connectivity index (χ3v) is 19.2. The highest BCUT2D eigenvalue weighted by Crippen LogP contribution is 2.56. The standard InChI is InChI=1S/C82H54N4O2/c1-47-21-11-15-33-65(47)83(75-49(3)37-41-59-55-27-13-17-35-69(55)87-81(59)75)53-39-43-67-63(45-53)57-29-19-31-61-73-72(52-25-9-6-10-26-52)80-74(71(51-23-7-5-8-24-51)79(73)85(67)77(57)61)62-32-20-30-58-64-46-54(40-44-68(64)86(80)78(58)62)84(66-34-16-12-22-48(66)2)76-50(4)38-42-60-56-28-14-18-36-70(56)88-82(60)76/h5-46H,1-4H3. The lowest BCUT2D eigenvalue weighted by molar-refractivity contribution is 0.668. The highest BCUT2D eigenvalue weighted by molar-refractivity contribution is 6.38. The normalized spacial score (nSPS) is 12.3. The number of aryl methyl sites for hydroxylation is 4. The molecule has 0 amide bonds. The minimum Gasteiger partial charge on any atom is -0.454 e. The summed E-state index contributed by atoms with van der Waals surface area (Å²) in [6.07, 6.45) is 0. The van der Waals surface area contributed by atoms with Gasteiger partial charge in [-0.25, -0.2) is 0 Å². The average Bonchev–Trinajstić information content (AvgIpc) is 1.52. The molecule has 6 nitrogen and oxygen atoms in total. The summed E-state index contributed by atoms with van der Waals surface area (Å²) in [5.74, 6) is 0. The van der Waals surface area contributed by atoms with E-state index in [0.717, 1.165) is 100 Å². The fraction of sp³-hybridized carbons (Fsp3) is 0.0488. The number of hydrogen-bond acceptors (Lipinski definition) is 4. The highest BCUT2D eigenvalue weighted by Gasteiger charge is 2.32. The smallest absolute Gasteiger partial charge is 0.159 e. The van der Waals surface area contributed by atoms with Crippen LogP contribution in [0, 0.1) is 27.7 Å². The van der Waals surface area contributed by atoms with Crippen LogP contribution in [0.3, 0.4) is 0 Å². The Labute approximate surface area is 505 Å². The Morgan fingerprint density at radius 2 is 0.670 bits per heavy atom. The van der Waals surface area contributed by atoms with Gasteiger partial charge in [-0.2, -0.15) is 0 Å². The molecule has 0 aliphatic carbocycles. The lowest BCUT2D eigenvalue weighted by Gasteiger charge is -2.28. The van der Waals surface area contributed by atoms with Crippen molar-refractivity contribution in [3.8, 4) is 22.3 Å². The minimum absolute atomic E-state index is 0.879. The van der Waals surface area contributed by atoms with Gasteiger partial charge < -0.3 is 27.4 Å². The molecule has 19 rings (SSSR count). The Kier molecular flexibility index (Phi) is 10.1. The largest absolute Gasteiger partial charge is 0.454 e. The summed E-state index contributed by atoms with van der Waals surface area (Å²) < 4.78 is 19.0. The van der Waals surface area contributed by atoms with Gasteiger partial charge in [0.25, 0.3) is 0 Å². The van der Waals surface area contributed by atoms with Gasteiger partial charge in [-0.1, -0.05) is 194 Å². The molecule has 19 aromatic rings. The first-order chi connectivity index (χ1) is 43.4. The van der Waals surface area contributed by atoms with Gasteiger partial charge in [0, 0.05) is 98.5 Å². The molecular formula is C82H54N4O2. The zero-order chi connectivity index (χ0) is 58.2. The van der Waals surface area contributed by atoms with E-state index in [-0.39, 0.29) is 0 Å². The maximum absolute atomic E-state index is 6.88. The van der Waals surface area contributed by atoms with Crippen LogP contribution in [0.5, 0.6) is 0 Å². The van der Waals surface area contributed by atoms with E-state index >= 15 is 0 Å². The first-order valence-corrected chi connectivity index (χ1v) is 30.4. The minimum atomic E-state index is 0.879. The summed E-state index contributed by atoms with van der Waals surface area (Å²) in [5.41, 5.74) is 26.5. The van der Waals surface area contributed by atoms with Gasteiger partial charge in [0.2, 0.25) is 0 Å². The molecule has 0 saturated heterocycles. The van der Waals surface area contributed by atoms with Gasteiger partial charge in [-0.15, -0.1) is 0 Å². The number of anilines is 6. The van der Waals surface area contributed by atoms with Crippen LogP contribution in [0.25, 0.3) is 142 Å². The molecule has 0 aliphatic heterocycles. The third-order valence-electron chi connectivity index (χ3n) is 19.2. The van der Waals surface area contributed by atoms with Crippen molar-refractivity contribution < 1.29 is 8.83 Å². The van der Waals surface area contributed by atoms with Crippen molar-refractivity contribution in [1.29, 1.82) is 0 Å². The lowest BCUT2D eigenvalue weighted by atomic mass is 9.89. The molecule has 414 valence electrons. The number of para-hydroxylation sites is 6. The third kappa shape index (κ3) is 6.55. The summed E-state index contributed by atoms with van der Waals surface area (Å²) in [7, 11) is 0. The zero-order valence-electron chi connectivity index (χ0n) is 48.9. The lowest BCUT2D eigenvalue weighted by Crippen LogP contribution is -2.13. The Morgan fingerprint density at radius 1 is 0.284 bits per heavy atom. The molecule has 0 unspecified atom stereocenters. The van der Waals surface area contributed by atoms with Gasteiger partial charge in [0.05, 0.1) is 44.5 Å². The van der Waals surface area contributed by atoms with Crippen LogP contribution in [0.15, 0.2) is 264 Å². The molecule has 0 spiro atoms. The van der Waals surface area contributed by atoms with Crippen LogP contribution in [-0.2, 0) is 0 Å². The van der Waals surface area contributed by atoms with Crippen LogP contribution in [0.4, 0.5) is 34.1 Å². The first kappa shape index (κ1) is 49.0. The molecule has 0 bridgehead atoms. The summed E-state index contributed by atoms with van der Waals surface area (Å²) >= 11 is 0. The summed E-state index contributed by atoms with van der Waals surface area (Å²) in [5, 5.41) is 14.1. The van der Waals surface area contributed by atoms with Crippen LogP contribution < -0.4 is 9.80 Å². The molecule has 88 heavy (non-hydrogen) atoms. The van der Waals surface area contributed by atoms with Crippen molar-refractivity contribution in [2.24, 2.45) is 0 Å². The van der Waals surface area contributed by atoms with Crippen molar-refractivity contribution in [3.63, 3.8) is 0 Å². The van der Waals surface area contributed by atoms with E-state index in [9.17, 15) is 0 Å². The molecule has 6 heteroatoms. The Balaban J connectivity index is 0.916. The summed E-state index contributed by atoms with van der Waals surface area (Å²) in [6, 6.07) is 93.7. The maximum atomic E-state index is 6.88. The van der Waals surface area contributed by atoms with Crippen molar-refractivity contribution in [3.05, 3.63) is 277 Å². The summed E-state index contributed by atoms with van der Waals surface area (Å²) in [4.78, 5) is 4.87. The van der Waals surface area contributed by atoms with E-state index in [2.05, 4.69) is 301 Å². The fourth-order valence-electron chi connectivity index (χ4n) is 15.4. The van der Waals surface area contributed by atoms with E-state index in [1.807, 2.05) is 0 Å². The molecular weight excluding hydrogens is 1070 g/mol. The van der Waals surface area contributed by atoms with Crippen LogP contribution in [-0.4, -0.2) is 8.80 Å². The van der Waals surface area contributed by atoms with E-state index in [4.69, 9.17) is 8.83 Å². The predicted octanol–water partition coefficient (Wildman–Crippen LogP) is 23.3. The molecule has 0 N–H and O–H groups in total. The molecule has 13 aromatic carbocycles. The predicted molar refractivity (Wildman–Crippen MR) is 370 cm³/mol. The van der Waals surface area contributed by atoms with E-state index in [1.54, 1.807) is 0 Å². The maximum Gasteiger partial charge on any atom is 0.159 e. The molecule has 0 radical (unpaired) electrons. The Morgan fingerprint density at radius 3 is 1.11 bits per heavy atom. The molecule has 0 aliphatic rings. The second kappa shape index (κ2) is 18.1. The SMILES string of the molecule is Cc1ccccc1N(c1ccc2c(c1)c1cccc3c4c(-c5ccccc5)c5c(c(-c6ccccc6)c4n2c13)c1cccc2c3cc(N(c4ccccc4C)c4c(C)ccc6c4oc4ccccc46)ccc3n5c21)c1c(C)ccc2c1oc1ccccc12. The molecule has 6 heterocycles. The Hall–Kier alpha value is -11.3. The monoisotopic (exact) mass is 1130 g/mol. The van der Waals surface area contributed by atoms with Crippen molar-refractivity contribution in [1.82, 2.24) is 8.80 Å². The Bertz CT molecular complexity index is 5740. The average molecular weight is 1130 g/mol. The highest BCUT2D eigenvalue weighted by atomic mass is 16.3. The number of fused-ring (bicyclic) bond motifs is 18. The zero-order valence-corrected chi connectivity index (χ0v) is 48.9. The molecule has 0 saturated carbocycles. The van der Waals surface area contributed by atoms with E-state index in [1.165, 1.54) is 98.5 Å². The van der Waals surface area contributed by atoms with Gasteiger partial charge in [0.15, 0.2) is 11.2 Å². The van der Waals surface area contributed by atoms with Gasteiger partial charge in [-0.05, 0) is 122 Å². The topological polar surface area (TPSA) is 41.6 Å². The second-order valence-corrected chi connectivity index (χ2v) is 24.1. The first-order valence-electron chi connectivity index (χ1n) is 30.4. The number of nitrogens with zero attached hydrogens (tertiary/aromatic N) is 4. The van der Waals surface area contributed by atoms with Gasteiger partial charge in [-0.3, -0.25) is 0 Å². The van der Waals surface area contributed by atoms with Gasteiger partial charge in [0.1, 0.15) is 11.2 Å². The summed E-state index contributed by atoms with van der Waals surface area (Å²) in [6.45, 7) is 8.83. The van der Waals surface area contributed by atoms with Crippen molar-refractivity contribution >= 4 is 154 Å². The fourth-order valence-corrected chi connectivity index (χ4v) is 15.4. The molecule has 6 aromatic heterocycles.